The van der Waals surface area contributed by atoms with E-state index >= 15 is 0 Å². The maximum Gasteiger partial charge on any atom is 0.262 e. The van der Waals surface area contributed by atoms with E-state index in [1.54, 1.807) is 0 Å². The number of halogens is 1. The van der Waals surface area contributed by atoms with Gasteiger partial charge in [-0.15, -0.1) is 11.6 Å². The van der Waals surface area contributed by atoms with Gasteiger partial charge in [-0.25, -0.2) is 4.68 Å². The van der Waals surface area contributed by atoms with Crippen molar-refractivity contribution in [1.82, 2.24) is 14.7 Å². The predicted molar refractivity (Wildman–Crippen MR) is 64.9 cm³/mol. The van der Waals surface area contributed by atoms with Gasteiger partial charge in [0.25, 0.3) is 5.91 Å². The lowest BCUT2D eigenvalue weighted by Gasteiger charge is -2.17. The van der Waals surface area contributed by atoms with Crippen molar-refractivity contribution in [2.24, 2.45) is 0 Å². The molecular formula is C11H18ClN3O. The Hall–Kier alpha value is -0.870. The molecule has 0 atom stereocenters. The monoisotopic (exact) mass is 243 g/mol. The van der Waals surface area contributed by atoms with Crippen LogP contribution in [-0.4, -0.2) is 39.6 Å². The van der Waals surface area contributed by atoms with Crippen LogP contribution in [0.2, 0.25) is 0 Å². The Kier molecular flexibility index (Phi) is 4.96. The standard InChI is InChI=1S/C11H18ClN3O/c1-4-14(5-2)8-10-6-9(3)13-15(10)11(16)7-12/h6H,4-5,7-8H2,1-3H3. The summed E-state index contributed by atoms with van der Waals surface area (Å²) < 4.78 is 1.42. The SMILES string of the molecule is CCN(CC)Cc1cc(C)nn1C(=O)CCl. The van der Waals surface area contributed by atoms with Gasteiger partial charge in [0, 0.05) is 6.54 Å². The quantitative estimate of drug-likeness (QED) is 0.742. The van der Waals surface area contributed by atoms with Gasteiger partial charge < -0.3 is 0 Å². The molecular weight excluding hydrogens is 226 g/mol. The molecule has 0 N–H and O–H groups in total. The van der Waals surface area contributed by atoms with Gasteiger partial charge in [0.05, 0.1) is 11.4 Å². The van der Waals surface area contributed by atoms with Crippen LogP contribution in [0.25, 0.3) is 0 Å². The number of carbonyl (C=O) groups excluding carboxylic acids is 1. The summed E-state index contributed by atoms with van der Waals surface area (Å²) in [5.41, 5.74) is 1.76. The Balaban J connectivity index is 2.90. The second kappa shape index (κ2) is 6.01. The molecule has 0 aromatic carbocycles. The minimum absolute atomic E-state index is 0.0353. The van der Waals surface area contributed by atoms with Gasteiger partial charge in [0.2, 0.25) is 0 Å². The summed E-state index contributed by atoms with van der Waals surface area (Å²) in [6.07, 6.45) is 0. The topological polar surface area (TPSA) is 38.1 Å². The number of alkyl halides is 1. The van der Waals surface area contributed by atoms with Crippen LogP contribution in [0.15, 0.2) is 6.07 Å². The normalized spacial score (nSPS) is 11.1. The molecule has 0 saturated heterocycles. The molecule has 1 rings (SSSR count). The first kappa shape index (κ1) is 13.2. The zero-order valence-corrected chi connectivity index (χ0v) is 10.8. The van der Waals surface area contributed by atoms with E-state index in [-0.39, 0.29) is 11.8 Å². The van der Waals surface area contributed by atoms with Crippen LogP contribution in [-0.2, 0) is 6.54 Å². The molecule has 0 radical (unpaired) electrons. The third-order valence-corrected chi connectivity index (χ3v) is 2.76. The first-order chi connectivity index (χ1) is 7.62. The number of carbonyl (C=O) groups is 1. The maximum absolute atomic E-state index is 11.6. The number of nitrogens with zero attached hydrogens (tertiary/aromatic N) is 3. The summed E-state index contributed by atoms with van der Waals surface area (Å²) >= 11 is 5.55. The van der Waals surface area contributed by atoms with E-state index in [9.17, 15) is 4.79 Å². The summed E-state index contributed by atoms with van der Waals surface area (Å²) in [6, 6.07) is 1.93. The van der Waals surface area contributed by atoms with E-state index in [0.717, 1.165) is 31.0 Å². The van der Waals surface area contributed by atoms with Crippen LogP contribution >= 0.6 is 11.6 Å². The van der Waals surface area contributed by atoms with Crippen LogP contribution in [0.1, 0.15) is 30.0 Å². The van der Waals surface area contributed by atoms with Gasteiger partial charge >= 0.3 is 0 Å². The van der Waals surface area contributed by atoms with Gasteiger partial charge in [0.1, 0.15) is 5.88 Å². The maximum atomic E-state index is 11.6. The van der Waals surface area contributed by atoms with Crippen molar-refractivity contribution in [3.8, 4) is 0 Å². The first-order valence-corrected chi connectivity index (χ1v) is 6.02. The lowest BCUT2D eigenvalue weighted by molar-refractivity contribution is 0.0917. The molecule has 16 heavy (non-hydrogen) atoms. The van der Waals surface area contributed by atoms with E-state index in [1.807, 2.05) is 13.0 Å². The minimum atomic E-state index is -0.170. The fourth-order valence-electron chi connectivity index (χ4n) is 1.61. The smallest absolute Gasteiger partial charge is 0.262 e. The van der Waals surface area contributed by atoms with Crippen molar-refractivity contribution < 1.29 is 4.79 Å². The van der Waals surface area contributed by atoms with Crippen LogP contribution in [0, 0.1) is 6.92 Å². The highest BCUT2D eigenvalue weighted by Gasteiger charge is 2.13. The summed E-state index contributed by atoms with van der Waals surface area (Å²) in [7, 11) is 0. The lowest BCUT2D eigenvalue weighted by atomic mass is 10.3. The van der Waals surface area contributed by atoms with Crippen LogP contribution in [0.3, 0.4) is 0 Å². The van der Waals surface area contributed by atoms with Crippen molar-refractivity contribution in [3.63, 3.8) is 0 Å². The van der Waals surface area contributed by atoms with E-state index in [2.05, 4.69) is 23.8 Å². The molecule has 0 bridgehead atoms. The van der Waals surface area contributed by atoms with E-state index < -0.39 is 0 Å². The Bertz CT molecular complexity index is 358. The minimum Gasteiger partial charge on any atom is -0.298 e. The average molecular weight is 244 g/mol. The Labute approximate surface area is 101 Å². The zero-order chi connectivity index (χ0) is 12.1. The molecule has 0 aliphatic heterocycles. The lowest BCUT2D eigenvalue weighted by Crippen LogP contribution is -2.26. The predicted octanol–water partition coefficient (Wildman–Crippen LogP) is 1.91. The Morgan fingerprint density at radius 2 is 2.12 bits per heavy atom. The molecule has 0 aliphatic rings. The number of rotatable bonds is 5. The van der Waals surface area contributed by atoms with Crippen molar-refractivity contribution >= 4 is 17.5 Å². The summed E-state index contributed by atoms with van der Waals surface area (Å²) in [6.45, 7) is 8.71. The molecule has 0 spiro atoms. The summed E-state index contributed by atoms with van der Waals surface area (Å²) in [5, 5.41) is 4.16. The van der Waals surface area contributed by atoms with Gasteiger partial charge in [-0.05, 0) is 26.1 Å². The first-order valence-electron chi connectivity index (χ1n) is 5.49. The Morgan fingerprint density at radius 1 is 1.50 bits per heavy atom. The number of aromatic nitrogens is 2. The highest BCUT2D eigenvalue weighted by Crippen LogP contribution is 2.08. The molecule has 0 unspecified atom stereocenters. The third kappa shape index (κ3) is 3.06. The van der Waals surface area contributed by atoms with Crippen LogP contribution in [0.4, 0.5) is 0 Å². The fourth-order valence-corrected chi connectivity index (χ4v) is 1.73. The molecule has 0 amide bonds. The highest BCUT2D eigenvalue weighted by atomic mass is 35.5. The van der Waals surface area contributed by atoms with Crippen molar-refractivity contribution in [3.05, 3.63) is 17.5 Å². The average Bonchev–Trinajstić information content (AvgIpc) is 2.66. The molecule has 5 heteroatoms. The van der Waals surface area contributed by atoms with E-state index in [4.69, 9.17) is 11.6 Å². The Morgan fingerprint density at radius 3 is 2.62 bits per heavy atom. The molecule has 1 heterocycles. The van der Waals surface area contributed by atoms with Gasteiger partial charge in [-0.3, -0.25) is 9.69 Å². The number of hydrogen-bond acceptors (Lipinski definition) is 3. The molecule has 90 valence electrons. The van der Waals surface area contributed by atoms with E-state index in [0.29, 0.717) is 0 Å². The fraction of sp³-hybridized carbons (Fsp3) is 0.636. The van der Waals surface area contributed by atoms with Gasteiger partial charge in [-0.1, -0.05) is 13.8 Å². The van der Waals surface area contributed by atoms with Crippen molar-refractivity contribution in [1.29, 1.82) is 0 Å². The molecule has 1 aromatic heterocycles. The van der Waals surface area contributed by atoms with Crippen LogP contribution < -0.4 is 0 Å². The van der Waals surface area contributed by atoms with Crippen molar-refractivity contribution in [2.45, 2.75) is 27.3 Å². The molecule has 1 aromatic rings. The molecule has 4 nitrogen and oxygen atoms in total. The van der Waals surface area contributed by atoms with Crippen LogP contribution in [0.5, 0.6) is 0 Å². The molecule has 0 fully saturated rings. The zero-order valence-electron chi connectivity index (χ0n) is 10.0. The second-order valence-corrected chi connectivity index (χ2v) is 3.94. The van der Waals surface area contributed by atoms with E-state index in [1.165, 1.54) is 4.68 Å². The molecule has 0 aliphatic carbocycles. The largest absolute Gasteiger partial charge is 0.298 e. The molecule has 0 saturated carbocycles. The third-order valence-electron chi connectivity index (χ3n) is 2.54. The summed E-state index contributed by atoms with van der Waals surface area (Å²) in [4.78, 5) is 13.8. The number of hydrogen-bond donors (Lipinski definition) is 0. The van der Waals surface area contributed by atoms with Gasteiger partial charge in [-0.2, -0.15) is 5.10 Å². The van der Waals surface area contributed by atoms with Gasteiger partial charge in [0.15, 0.2) is 0 Å². The second-order valence-electron chi connectivity index (χ2n) is 3.68. The van der Waals surface area contributed by atoms with Crippen molar-refractivity contribution in [2.75, 3.05) is 19.0 Å². The highest BCUT2D eigenvalue weighted by molar-refractivity contribution is 6.27. The summed E-state index contributed by atoms with van der Waals surface area (Å²) in [5.74, 6) is -0.205. The number of aryl methyl sites for hydroxylation is 1.